The van der Waals surface area contributed by atoms with E-state index in [0.717, 1.165) is 5.46 Å². The lowest BCUT2D eigenvalue weighted by molar-refractivity contribution is 0.423. The first-order valence-corrected chi connectivity index (χ1v) is 3.33. The van der Waals surface area contributed by atoms with Crippen molar-refractivity contribution < 1.29 is 9.31 Å². The molecule has 0 amide bonds. The van der Waals surface area contributed by atoms with E-state index in [2.05, 4.69) is 4.98 Å². The van der Waals surface area contributed by atoms with E-state index in [1.54, 1.807) is 12.4 Å². The monoisotopic (exact) mass is 147 g/mol. The minimum atomic E-state index is -0.302. The van der Waals surface area contributed by atoms with Gasteiger partial charge in [0.2, 0.25) is 0 Å². The molecule has 11 heavy (non-hydrogen) atoms. The summed E-state index contributed by atoms with van der Waals surface area (Å²) in [7, 11) is -0.302. The maximum atomic E-state index is 5.10. The molecule has 1 aromatic heterocycles. The van der Waals surface area contributed by atoms with Crippen LogP contribution in [0.25, 0.3) is 0 Å². The standard InChI is InChI=1S/C7H6BNO2/c1-2-7(6-9-3-1)8-10-4-5-11-8/h1-6H. The number of nitrogens with zero attached hydrogens (tertiary/aromatic N) is 1. The van der Waals surface area contributed by atoms with Gasteiger partial charge in [-0.3, -0.25) is 4.98 Å². The molecule has 0 saturated heterocycles. The first-order valence-electron chi connectivity index (χ1n) is 3.33. The lowest BCUT2D eigenvalue weighted by Gasteiger charge is -2.01. The third-order valence-electron chi connectivity index (χ3n) is 1.42. The smallest absolute Gasteiger partial charge is 0.525 e. The number of hydrogen-bond acceptors (Lipinski definition) is 3. The lowest BCUT2D eigenvalue weighted by atomic mass is 9.81. The van der Waals surface area contributed by atoms with Crippen molar-refractivity contribution in [3.63, 3.8) is 0 Å². The van der Waals surface area contributed by atoms with Crippen LogP contribution in [0.4, 0.5) is 0 Å². The summed E-state index contributed by atoms with van der Waals surface area (Å²) in [6.07, 6.45) is 6.48. The Bertz CT molecular complexity index is 254. The second-order valence-electron chi connectivity index (χ2n) is 2.16. The summed E-state index contributed by atoms with van der Waals surface area (Å²) in [5.41, 5.74) is 0.928. The Labute approximate surface area is 64.8 Å². The number of pyridine rings is 1. The molecule has 0 fully saturated rings. The van der Waals surface area contributed by atoms with E-state index in [1.807, 2.05) is 12.1 Å². The fraction of sp³-hybridized carbons (Fsp3) is 0. The molecule has 0 radical (unpaired) electrons. The predicted octanol–water partition coefficient (Wildman–Crippen LogP) is 0.295. The quantitative estimate of drug-likeness (QED) is 0.535. The van der Waals surface area contributed by atoms with Crippen molar-refractivity contribution >= 4 is 12.6 Å². The van der Waals surface area contributed by atoms with Gasteiger partial charge in [0.15, 0.2) is 0 Å². The SMILES string of the molecule is C1=COB(c2cccnc2)O1. The lowest BCUT2D eigenvalue weighted by Crippen LogP contribution is -2.31. The number of aromatic nitrogens is 1. The van der Waals surface area contributed by atoms with E-state index in [4.69, 9.17) is 9.31 Å². The maximum Gasteiger partial charge on any atom is 0.633 e. The average molecular weight is 147 g/mol. The van der Waals surface area contributed by atoms with Gasteiger partial charge in [-0.2, -0.15) is 0 Å². The summed E-state index contributed by atoms with van der Waals surface area (Å²) < 4.78 is 10.2. The van der Waals surface area contributed by atoms with Crippen molar-refractivity contribution in [1.29, 1.82) is 0 Å². The zero-order valence-corrected chi connectivity index (χ0v) is 5.81. The summed E-state index contributed by atoms with van der Waals surface area (Å²) >= 11 is 0. The van der Waals surface area contributed by atoms with Gasteiger partial charge in [-0.1, -0.05) is 6.07 Å². The second kappa shape index (κ2) is 2.66. The van der Waals surface area contributed by atoms with E-state index >= 15 is 0 Å². The largest absolute Gasteiger partial charge is 0.633 e. The van der Waals surface area contributed by atoms with Crippen LogP contribution < -0.4 is 5.46 Å². The van der Waals surface area contributed by atoms with Crippen LogP contribution in [0.3, 0.4) is 0 Å². The Morgan fingerprint density at radius 1 is 1.27 bits per heavy atom. The molecule has 3 nitrogen and oxygen atoms in total. The molecule has 0 saturated carbocycles. The van der Waals surface area contributed by atoms with Crippen LogP contribution >= 0.6 is 0 Å². The van der Waals surface area contributed by atoms with E-state index in [-0.39, 0.29) is 7.12 Å². The molecule has 2 heterocycles. The molecule has 0 atom stereocenters. The molecule has 0 unspecified atom stereocenters. The molecule has 0 N–H and O–H groups in total. The molecule has 4 heteroatoms. The molecular weight excluding hydrogens is 141 g/mol. The van der Waals surface area contributed by atoms with Crippen molar-refractivity contribution in [2.24, 2.45) is 0 Å². The van der Waals surface area contributed by atoms with Crippen LogP contribution in [0.2, 0.25) is 0 Å². The molecule has 0 bridgehead atoms. The van der Waals surface area contributed by atoms with E-state index in [1.165, 1.54) is 12.5 Å². The molecule has 2 rings (SSSR count). The Kier molecular flexibility index (Phi) is 1.52. The molecule has 1 aromatic rings. The molecule has 0 spiro atoms. The van der Waals surface area contributed by atoms with Gasteiger partial charge in [-0.25, -0.2) is 0 Å². The van der Waals surface area contributed by atoms with Crippen molar-refractivity contribution in [2.75, 3.05) is 0 Å². The second-order valence-corrected chi connectivity index (χ2v) is 2.16. The average Bonchev–Trinajstić information content (AvgIpc) is 2.58. The van der Waals surface area contributed by atoms with Gasteiger partial charge >= 0.3 is 7.12 Å². The molecule has 0 aromatic carbocycles. The zero-order chi connectivity index (χ0) is 7.52. The van der Waals surface area contributed by atoms with Crippen LogP contribution in [0, 0.1) is 0 Å². The van der Waals surface area contributed by atoms with E-state index in [0.29, 0.717) is 0 Å². The summed E-state index contributed by atoms with van der Waals surface area (Å²) in [6, 6.07) is 3.76. The van der Waals surface area contributed by atoms with Crippen molar-refractivity contribution in [2.45, 2.75) is 0 Å². The number of rotatable bonds is 1. The molecule has 1 aliphatic heterocycles. The van der Waals surface area contributed by atoms with Gasteiger partial charge in [-0.05, 0) is 6.07 Å². The highest BCUT2D eigenvalue weighted by molar-refractivity contribution is 6.61. The summed E-state index contributed by atoms with van der Waals surface area (Å²) in [6.45, 7) is 0. The number of hydrogen-bond donors (Lipinski definition) is 0. The maximum absolute atomic E-state index is 5.10. The Hall–Kier alpha value is -1.45. The first-order chi connectivity index (χ1) is 5.47. The Morgan fingerprint density at radius 3 is 2.73 bits per heavy atom. The summed E-state index contributed by atoms with van der Waals surface area (Å²) in [5.74, 6) is 0. The Balaban J connectivity index is 2.17. The third-order valence-corrected chi connectivity index (χ3v) is 1.42. The topological polar surface area (TPSA) is 31.4 Å². The van der Waals surface area contributed by atoms with Gasteiger partial charge in [0.25, 0.3) is 0 Å². The van der Waals surface area contributed by atoms with Crippen LogP contribution in [0.15, 0.2) is 37.1 Å². The van der Waals surface area contributed by atoms with Gasteiger partial charge in [0.05, 0.1) is 12.5 Å². The van der Waals surface area contributed by atoms with Crippen molar-refractivity contribution in [3.05, 3.63) is 37.1 Å². The molecule has 1 aliphatic rings. The molecule has 54 valence electrons. The molecular formula is C7H6BNO2. The minimum Gasteiger partial charge on any atom is -0.525 e. The van der Waals surface area contributed by atoms with Gasteiger partial charge in [0.1, 0.15) is 0 Å². The third kappa shape index (κ3) is 1.19. The van der Waals surface area contributed by atoms with Gasteiger partial charge in [-0.15, -0.1) is 0 Å². The van der Waals surface area contributed by atoms with Crippen LogP contribution in [0.5, 0.6) is 0 Å². The summed E-state index contributed by atoms with van der Waals surface area (Å²) in [4.78, 5) is 3.94. The fourth-order valence-corrected chi connectivity index (χ4v) is 0.911. The van der Waals surface area contributed by atoms with Crippen LogP contribution in [-0.4, -0.2) is 12.1 Å². The van der Waals surface area contributed by atoms with E-state index < -0.39 is 0 Å². The molecule has 0 aliphatic carbocycles. The highest BCUT2D eigenvalue weighted by Crippen LogP contribution is 1.99. The predicted molar refractivity (Wildman–Crippen MR) is 40.9 cm³/mol. The van der Waals surface area contributed by atoms with Crippen molar-refractivity contribution in [1.82, 2.24) is 4.98 Å². The highest BCUT2D eigenvalue weighted by atomic mass is 16.6. The van der Waals surface area contributed by atoms with E-state index in [9.17, 15) is 0 Å². The normalized spacial score (nSPS) is 14.4. The zero-order valence-electron chi connectivity index (χ0n) is 5.81. The summed E-state index contributed by atoms with van der Waals surface area (Å²) in [5, 5.41) is 0. The van der Waals surface area contributed by atoms with Gasteiger partial charge in [0, 0.05) is 17.9 Å². The first kappa shape index (κ1) is 6.28. The Morgan fingerprint density at radius 2 is 2.09 bits per heavy atom. The fourth-order valence-electron chi connectivity index (χ4n) is 0.911. The van der Waals surface area contributed by atoms with Gasteiger partial charge < -0.3 is 9.31 Å². The van der Waals surface area contributed by atoms with Crippen LogP contribution in [-0.2, 0) is 9.31 Å². The van der Waals surface area contributed by atoms with Crippen LogP contribution in [0.1, 0.15) is 0 Å². The highest BCUT2D eigenvalue weighted by Gasteiger charge is 2.26. The van der Waals surface area contributed by atoms with Crippen molar-refractivity contribution in [3.8, 4) is 0 Å². The minimum absolute atomic E-state index is 0.302.